The van der Waals surface area contributed by atoms with E-state index in [1.54, 1.807) is 4.90 Å². The Bertz CT molecular complexity index is 404. The summed E-state index contributed by atoms with van der Waals surface area (Å²) < 4.78 is 0. The quantitative estimate of drug-likeness (QED) is 0.661. The van der Waals surface area contributed by atoms with E-state index in [2.05, 4.69) is 0 Å². The fourth-order valence-corrected chi connectivity index (χ4v) is 2.28. The standard InChI is InChI=1S/C13H20N2OS/c1-9(2)15(4)12(16)8-17-11-7-5-6-10(3)13(11)14/h5-7,9H,8,14H2,1-4H3. The second-order valence-corrected chi connectivity index (χ2v) is 5.39. The lowest BCUT2D eigenvalue weighted by molar-refractivity contribution is -0.128. The molecule has 0 bridgehead atoms. The van der Waals surface area contributed by atoms with Crippen LogP contribution in [0.2, 0.25) is 0 Å². The Morgan fingerprint density at radius 3 is 2.71 bits per heavy atom. The van der Waals surface area contributed by atoms with Gasteiger partial charge in [0.1, 0.15) is 0 Å². The van der Waals surface area contributed by atoms with Gasteiger partial charge in [0.2, 0.25) is 5.91 Å². The van der Waals surface area contributed by atoms with E-state index in [0.717, 1.165) is 16.1 Å². The fourth-order valence-electron chi connectivity index (χ4n) is 1.31. The molecule has 0 aromatic heterocycles. The molecule has 0 radical (unpaired) electrons. The Labute approximate surface area is 107 Å². The number of thioether (sulfide) groups is 1. The van der Waals surface area contributed by atoms with Crippen LogP contribution < -0.4 is 5.73 Å². The molecule has 1 aromatic carbocycles. The van der Waals surface area contributed by atoms with Crippen molar-refractivity contribution in [1.29, 1.82) is 0 Å². The van der Waals surface area contributed by atoms with E-state index in [4.69, 9.17) is 5.73 Å². The first-order valence-electron chi connectivity index (χ1n) is 5.67. The molecule has 0 saturated carbocycles. The monoisotopic (exact) mass is 252 g/mol. The highest BCUT2D eigenvalue weighted by molar-refractivity contribution is 8.00. The minimum atomic E-state index is 0.130. The van der Waals surface area contributed by atoms with Crippen molar-refractivity contribution in [3.8, 4) is 0 Å². The molecule has 0 unspecified atom stereocenters. The second-order valence-electron chi connectivity index (χ2n) is 4.37. The molecule has 0 saturated heterocycles. The minimum Gasteiger partial charge on any atom is -0.398 e. The molecular weight excluding hydrogens is 232 g/mol. The predicted molar refractivity (Wildman–Crippen MR) is 74.2 cm³/mol. The van der Waals surface area contributed by atoms with Crippen LogP contribution in [0.3, 0.4) is 0 Å². The average molecular weight is 252 g/mol. The number of nitrogen functional groups attached to an aromatic ring is 1. The molecule has 0 spiro atoms. The van der Waals surface area contributed by atoms with E-state index in [9.17, 15) is 4.79 Å². The molecule has 0 heterocycles. The van der Waals surface area contributed by atoms with Crippen LogP contribution in [0, 0.1) is 6.92 Å². The van der Waals surface area contributed by atoms with E-state index in [-0.39, 0.29) is 11.9 Å². The molecule has 0 atom stereocenters. The molecule has 94 valence electrons. The smallest absolute Gasteiger partial charge is 0.232 e. The summed E-state index contributed by atoms with van der Waals surface area (Å²) in [6.07, 6.45) is 0. The van der Waals surface area contributed by atoms with Gasteiger partial charge in [-0.25, -0.2) is 0 Å². The lowest BCUT2D eigenvalue weighted by atomic mass is 10.2. The third kappa shape index (κ3) is 3.66. The van der Waals surface area contributed by atoms with Gasteiger partial charge in [-0.05, 0) is 32.4 Å². The fraction of sp³-hybridized carbons (Fsp3) is 0.462. The maximum Gasteiger partial charge on any atom is 0.232 e. The molecule has 3 nitrogen and oxygen atoms in total. The van der Waals surface area contributed by atoms with Crippen LogP contribution in [0.15, 0.2) is 23.1 Å². The number of nitrogens with two attached hydrogens (primary N) is 1. The zero-order valence-electron chi connectivity index (χ0n) is 10.9. The SMILES string of the molecule is Cc1cccc(SCC(=O)N(C)C(C)C)c1N. The van der Waals surface area contributed by atoms with Crippen molar-refractivity contribution < 1.29 is 4.79 Å². The number of aryl methyl sites for hydroxylation is 1. The van der Waals surface area contributed by atoms with Gasteiger partial charge >= 0.3 is 0 Å². The first-order chi connectivity index (χ1) is 7.93. The van der Waals surface area contributed by atoms with E-state index in [0.29, 0.717) is 5.75 Å². The Balaban J connectivity index is 2.62. The number of anilines is 1. The van der Waals surface area contributed by atoms with Gasteiger partial charge in [0.15, 0.2) is 0 Å². The van der Waals surface area contributed by atoms with Crippen LogP contribution in [0.25, 0.3) is 0 Å². The lowest BCUT2D eigenvalue weighted by Gasteiger charge is -2.21. The highest BCUT2D eigenvalue weighted by atomic mass is 32.2. The minimum absolute atomic E-state index is 0.130. The molecule has 1 rings (SSSR count). The number of nitrogens with zero attached hydrogens (tertiary/aromatic N) is 1. The van der Waals surface area contributed by atoms with Crippen molar-refractivity contribution in [3.05, 3.63) is 23.8 Å². The zero-order valence-corrected chi connectivity index (χ0v) is 11.7. The normalized spacial score (nSPS) is 10.6. The van der Waals surface area contributed by atoms with Crippen LogP contribution in [0.1, 0.15) is 19.4 Å². The maximum atomic E-state index is 11.8. The Hall–Kier alpha value is -1.16. The van der Waals surface area contributed by atoms with Gasteiger partial charge in [0.05, 0.1) is 5.75 Å². The summed E-state index contributed by atoms with van der Waals surface area (Å²) in [5.74, 6) is 0.563. The lowest BCUT2D eigenvalue weighted by Crippen LogP contribution is -2.34. The van der Waals surface area contributed by atoms with E-state index in [1.807, 2.05) is 46.0 Å². The Morgan fingerprint density at radius 2 is 2.12 bits per heavy atom. The summed E-state index contributed by atoms with van der Waals surface area (Å²) in [6, 6.07) is 6.12. The van der Waals surface area contributed by atoms with Crippen LogP contribution in [0.4, 0.5) is 5.69 Å². The summed E-state index contributed by atoms with van der Waals surface area (Å²) in [6.45, 7) is 5.98. The Morgan fingerprint density at radius 1 is 1.47 bits per heavy atom. The number of para-hydroxylation sites is 1. The van der Waals surface area contributed by atoms with E-state index < -0.39 is 0 Å². The van der Waals surface area contributed by atoms with Crippen molar-refractivity contribution in [2.45, 2.75) is 31.7 Å². The topological polar surface area (TPSA) is 46.3 Å². The van der Waals surface area contributed by atoms with Crippen molar-refractivity contribution in [1.82, 2.24) is 4.90 Å². The number of benzene rings is 1. The largest absolute Gasteiger partial charge is 0.398 e. The van der Waals surface area contributed by atoms with Crippen LogP contribution >= 0.6 is 11.8 Å². The van der Waals surface area contributed by atoms with Crippen molar-refractivity contribution in [2.75, 3.05) is 18.5 Å². The maximum absolute atomic E-state index is 11.8. The highest BCUT2D eigenvalue weighted by Gasteiger charge is 2.13. The van der Waals surface area contributed by atoms with Crippen molar-refractivity contribution >= 4 is 23.4 Å². The molecule has 4 heteroatoms. The van der Waals surface area contributed by atoms with Crippen molar-refractivity contribution in [3.63, 3.8) is 0 Å². The summed E-state index contributed by atoms with van der Waals surface area (Å²) in [5.41, 5.74) is 7.79. The molecule has 2 N–H and O–H groups in total. The number of hydrogen-bond acceptors (Lipinski definition) is 3. The van der Waals surface area contributed by atoms with Gasteiger partial charge in [0.25, 0.3) is 0 Å². The molecular formula is C13H20N2OS. The molecule has 0 fully saturated rings. The third-order valence-electron chi connectivity index (χ3n) is 2.80. The van der Waals surface area contributed by atoms with Gasteiger partial charge in [-0.15, -0.1) is 11.8 Å². The highest BCUT2D eigenvalue weighted by Crippen LogP contribution is 2.27. The number of amides is 1. The van der Waals surface area contributed by atoms with Gasteiger partial charge in [0, 0.05) is 23.7 Å². The first kappa shape index (κ1) is 13.9. The summed E-state index contributed by atoms with van der Waals surface area (Å²) in [7, 11) is 1.83. The zero-order chi connectivity index (χ0) is 13.0. The summed E-state index contributed by atoms with van der Waals surface area (Å²) in [5, 5.41) is 0. The van der Waals surface area contributed by atoms with Crippen LogP contribution in [-0.2, 0) is 4.79 Å². The number of carbonyl (C=O) groups excluding carboxylic acids is 1. The van der Waals surface area contributed by atoms with Gasteiger partial charge < -0.3 is 10.6 Å². The molecule has 1 amide bonds. The van der Waals surface area contributed by atoms with Gasteiger partial charge in [-0.1, -0.05) is 12.1 Å². The summed E-state index contributed by atoms with van der Waals surface area (Å²) >= 11 is 1.50. The molecule has 0 aliphatic carbocycles. The van der Waals surface area contributed by atoms with E-state index in [1.165, 1.54) is 11.8 Å². The second kappa shape index (κ2) is 5.96. The molecule has 17 heavy (non-hydrogen) atoms. The average Bonchev–Trinajstić information content (AvgIpc) is 2.29. The number of rotatable bonds is 4. The Kier molecular flexibility index (Phi) is 4.87. The summed E-state index contributed by atoms with van der Waals surface area (Å²) in [4.78, 5) is 14.5. The van der Waals surface area contributed by atoms with Crippen molar-refractivity contribution in [2.24, 2.45) is 0 Å². The van der Waals surface area contributed by atoms with Gasteiger partial charge in [-0.2, -0.15) is 0 Å². The predicted octanol–water partition coefficient (Wildman–Crippen LogP) is 2.54. The molecule has 1 aromatic rings. The molecule has 0 aliphatic heterocycles. The van der Waals surface area contributed by atoms with Crippen LogP contribution in [-0.4, -0.2) is 29.6 Å². The van der Waals surface area contributed by atoms with Crippen LogP contribution in [0.5, 0.6) is 0 Å². The third-order valence-corrected chi connectivity index (χ3v) is 3.86. The number of hydrogen-bond donors (Lipinski definition) is 1. The number of carbonyl (C=O) groups is 1. The first-order valence-corrected chi connectivity index (χ1v) is 6.65. The molecule has 0 aliphatic rings. The van der Waals surface area contributed by atoms with E-state index >= 15 is 0 Å². The van der Waals surface area contributed by atoms with Gasteiger partial charge in [-0.3, -0.25) is 4.79 Å².